The van der Waals surface area contributed by atoms with Crippen molar-refractivity contribution in [1.82, 2.24) is 5.32 Å². The van der Waals surface area contributed by atoms with Gasteiger partial charge in [0.1, 0.15) is 0 Å². The summed E-state index contributed by atoms with van der Waals surface area (Å²) in [6.45, 7) is 2.94. The van der Waals surface area contributed by atoms with Crippen molar-refractivity contribution < 1.29 is 4.79 Å². The van der Waals surface area contributed by atoms with E-state index in [-0.39, 0.29) is 6.03 Å². The number of hydrogen-bond acceptors (Lipinski definition) is 2. The molecule has 0 aliphatic heterocycles. The molecule has 0 saturated carbocycles. The summed E-state index contributed by atoms with van der Waals surface area (Å²) in [6, 6.07) is 6.96. The molecule has 0 aliphatic rings. The first-order valence-corrected chi connectivity index (χ1v) is 7.12. The number of nitrogen functional groups attached to an aromatic ring is 1. The minimum absolute atomic E-state index is 0.154. The lowest BCUT2D eigenvalue weighted by Gasteiger charge is -2.07. The van der Waals surface area contributed by atoms with Gasteiger partial charge in [0.2, 0.25) is 0 Å². The van der Waals surface area contributed by atoms with E-state index in [0.29, 0.717) is 5.69 Å². The van der Waals surface area contributed by atoms with Gasteiger partial charge in [0, 0.05) is 17.9 Å². The standard InChI is InChI=1S/C15H25N3O/c1-2-3-4-5-6-7-12-17-15(19)18-14-10-8-13(16)9-11-14/h8-11H,2-7,12,16H2,1H3,(H2,17,18,19). The molecule has 19 heavy (non-hydrogen) atoms. The van der Waals surface area contributed by atoms with Gasteiger partial charge in [0.05, 0.1) is 0 Å². The number of nitrogens with two attached hydrogens (primary N) is 1. The van der Waals surface area contributed by atoms with Gasteiger partial charge in [0.25, 0.3) is 0 Å². The van der Waals surface area contributed by atoms with E-state index in [1.807, 2.05) is 0 Å². The fraction of sp³-hybridized carbons (Fsp3) is 0.533. The van der Waals surface area contributed by atoms with Crippen LogP contribution in [0.3, 0.4) is 0 Å². The predicted octanol–water partition coefficient (Wildman–Crippen LogP) is 3.75. The Hall–Kier alpha value is -1.71. The minimum Gasteiger partial charge on any atom is -0.399 e. The summed E-state index contributed by atoms with van der Waals surface area (Å²) < 4.78 is 0. The van der Waals surface area contributed by atoms with Crippen molar-refractivity contribution in [1.29, 1.82) is 0 Å². The number of urea groups is 1. The summed E-state index contributed by atoms with van der Waals surface area (Å²) in [5.74, 6) is 0. The molecule has 0 radical (unpaired) electrons. The Morgan fingerprint density at radius 1 is 1.05 bits per heavy atom. The van der Waals surface area contributed by atoms with Crippen molar-refractivity contribution in [3.63, 3.8) is 0 Å². The number of benzene rings is 1. The molecule has 4 heteroatoms. The summed E-state index contributed by atoms with van der Waals surface area (Å²) >= 11 is 0. The molecule has 0 aromatic heterocycles. The zero-order valence-electron chi connectivity index (χ0n) is 11.7. The fourth-order valence-corrected chi connectivity index (χ4v) is 1.85. The highest BCUT2D eigenvalue weighted by Gasteiger charge is 2.00. The number of unbranched alkanes of at least 4 members (excludes halogenated alkanes) is 5. The van der Waals surface area contributed by atoms with Gasteiger partial charge in [-0.1, -0.05) is 39.0 Å². The molecule has 0 bridgehead atoms. The van der Waals surface area contributed by atoms with Crippen LogP contribution in [-0.2, 0) is 0 Å². The van der Waals surface area contributed by atoms with Gasteiger partial charge >= 0.3 is 6.03 Å². The van der Waals surface area contributed by atoms with E-state index in [2.05, 4.69) is 17.6 Å². The molecule has 106 valence electrons. The van der Waals surface area contributed by atoms with Crippen LogP contribution in [0.2, 0.25) is 0 Å². The first-order valence-electron chi connectivity index (χ1n) is 7.12. The average molecular weight is 263 g/mol. The van der Waals surface area contributed by atoms with Crippen LogP contribution in [0.25, 0.3) is 0 Å². The normalized spacial score (nSPS) is 10.2. The number of hydrogen-bond donors (Lipinski definition) is 3. The van der Waals surface area contributed by atoms with Gasteiger partial charge in [-0.25, -0.2) is 4.79 Å². The lowest BCUT2D eigenvalue weighted by Crippen LogP contribution is -2.29. The summed E-state index contributed by atoms with van der Waals surface area (Å²) in [6.07, 6.45) is 7.36. The second-order valence-corrected chi connectivity index (χ2v) is 4.77. The van der Waals surface area contributed by atoms with Crippen LogP contribution in [0.1, 0.15) is 45.4 Å². The fourth-order valence-electron chi connectivity index (χ4n) is 1.85. The molecule has 4 N–H and O–H groups in total. The van der Waals surface area contributed by atoms with E-state index >= 15 is 0 Å². The Balaban J connectivity index is 2.06. The van der Waals surface area contributed by atoms with Gasteiger partial charge < -0.3 is 16.4 Å². The van der Waals surface area contributed by atoms with Gasteiger partial charge in [-0.15, -0.1) is 0 Å². The summed E-state index contributed by atoms with van der Waals surface area (Å²) in [5.41, 5.74) is 7.03. The Morgan fingerprint density at radius 3 is 2.37 bits per heavy atom. The number of carbonyl (C=O) groups is 1. The first kappa shape index (κ1) is 15.3. The van der Waals surface area contributed by atoms with Crippen LogP contribution >= 0.6 is 0 Å². The smallest absolute Gasteiger partial charge is 0.319 e. The van der Waals surface area contributed by atoms with E-state index < -0.39 is 0 Å². The number of rotatable bonds is 8. The topological polar surface area (TPSA) is 67.2 Å². The zero-order valence-corrected chi connectivity index (χ0v) is 11.7. The van der Waals surface area contributed by atoms with Gasteiger partial charge in [-0.05, 0) is 30.7 Å². The third-order valence-electron chi connectivity index (χ3n) is 2.98. The molecule has 1 aromatic carbocycles. The Morgan fingerprint density at radius 2 is 1.68 bits per heavy atom. The number of carbonyl (C=O) groups excluding carboxylic acids is 1. The molecule has 2 amide bonds. The molecular formula is C15H25N3O. The van der Waals surface area contributed by atoms with E-state index in [4.69, 9.17) is 5.73 Å². The van der Waals surface area contributed by atoms with E-state index in [1.54, 1.807) is 24.3 Å². The predicted molar refractivity (Wildman–Crippen MR) is 81.3 cm³/mol. The number of amides is 2. The lowest BCUT2D eigenvalue weighted by molar-refractivity contribution is 0.252. The average Bonchev–Trinajstić information content (AvgIpc) is 2.40. The Labute approximate surface area is 115 Å². The molecule has 0 saturated heterocycles. The van der Waals surface area contributed by atoms with Crippen LogP contribution in [0.5, 0.6) is 0 Å². The molecular weight excluding hydrogens is 238 g/mol. The third kappa shape index (κ3) is 7.34. The Bertz CT molecular complexity index is 362. The molecule has 1 aromatic rings. The second kappa shape index (κ2) is 9.25. The summed E-state index contributed by atoms with van der Waals surface area (Å²) in [5, 5.41) is 5.63. The quantitative estimate of drug-likeness (QED) is 0.494. The molecule has 0 spiro atoms. The van der Waals surface area contributed by atoms with Crippen LogP contribution in [-0.4, -0.2) is 12.6 Å². The Kier molecular flexibility index (Phi) is 7.47. The first-order chi connectivity index (χ1) is 9.22. The molecule has 0 atom stereocenters. The maximum Gasteiger partial charge on any atom is 0.319 e. The highest BCUT2D eigenvalue weighted by atomic mass is 16.2. The van der Waals surface area contributed by atoms with Crippen molar-refractivity contribution >= 4 is 17.4 Å². The third-order valence-corrected chi connectivity index (χ3v) is 2.98. The van der Waals surface area contributed by atoms with Crippen LogP contribution in [0, 0.1) is 0 Å². The minimum atomic E-state index is -0.154. The highest BCUT2D eigenvalue weighted by Crippen LogP contribution is 2.10. The van der Waals surface area contributed by atoms with Gasteiger partial charge in [-0.3, -0.25) is 0 Å². The maximum atomic E-state index is 11.6. The van der Waals surface area contributed by atoms with Gasteiger partial charge in [-0.2, -0.15) is 0 Å². The lowest BCUT2D eigenvalue weighted by atomic mass is 10.1. The summed E-state index contributed by atoms with van der Waals surface area (Å²) in [4.78, 5) is 11.6. The van der Waals surface area contributed by atoms with E-state index in [1.165, 1.54) is 32.1 Å². The molecule has 0 heterocycles. The van der Waals surface area contributed by atoms with E-state index in [0.717, 1.165) is 18.7 Å². The molecule has 1 rings (SSSR count). The van der Waals surface area contributed by atoms with Crippen molar-refractivity contribution in [2.45, 2.75) is 45.4 Å². The van der Waals surface area contributed by atoms with Crippen molar-refractivity contribution in [2.75, 3.05) is 17.6 Å². The SMILES string of the molecule is CCCCCCCCNC(=O)Nc1ccc(N)cc1. The van der Waals surface area contributed by atoms with Crippen molar-refractivity contribution in [3.8, 4) is 0 Å². The van der Waals surface area contributed by atoms with E-state index in [9.17, 15) is 4.79 Å². The largest absolute Gasteiger partial charge is 0.399 e. The number of nitrogens with one attached hydrogen (secondary N) is 2. The summed E-state index contributed by atoms with van der Waals surface area (Å²) in [7, 11) is 0. The molecule has 0 fully saturated rings. The second-order valence-electron chi connectivity index (χ2n) is 4.77. The zero-order chi connectivity index (χ0) is 13.9. The van der Waals surface area contributed by atoms with Crippen LogP contribution < -0.4 is 16.4 Å². The molecule has 4 nitrogen and oxygen atoms in total. The molecule has 0 unspecified atom stereocenters. The van der Waals surface area contributed by atoms with Crippen molar-refractivity contribution in [2.24, 2.45) is 0 Å². The maximum absolute atomic E-state index is 11.6. The molecule has 0 aliphatic carbocycles. The van der Waals surface area contributed by atoms with Crippen molar-refractivity contribution in [3.05, 3.63) is 24.3 Å². The monoisotopic (exact) mass is 263 g/mol. The van der Waals surface area contributed by atoms with Crippen LogP contribution in [0.4, 0.5) is 16.2 Å². The number of anilines is 2. The van der Waals surface area contributed by atoms with Crippen LogP contribution in [0.15, 0.2) is 24.3 Å². The van der Waals surface area contributed by atoms with Gasteiger partial charge in [0.15, 0.2) is 0 Å². The highest BCUT2D eigenvalue weighted by molar-refractivity contribution is 5.89.